The summed E-state index contributed by atoms with van der Waals surface area (Å²) in [5, 5.41) is 20.9. The van der Waals surface area contributed by atoms with Crippen LogP contribution >= 0.6 is 23.2 Å². The van der Waals surface area contributed by atoms with Gasteiger partial charge in [-0.15, -0.1) is 0 Å². The fourth-order valence-electron chi connectivity index (χ4n) is 1.88. The van der Waals surface area contributed by atoms with E-state index in [1.807, 2.05) is 12.2 Å². The summed E-state index contributed by atoms with van der Waals surface area (Å²) < 4.78 is 9.80. The number of nitrogens with one attached hydrogen (secondary N) is 5. The smallest absolute Gasteiger partial charge is 0.413 e. The van der Waals surface area contributed by atoms with E-state index in [0.717, 1.165) is 0 Å². The molecule has 11 nitrogen and oxygen atoms in total. The first-order valence-electron chi connectivity index (χ1n) is 8.50. The van der Waals surface area contributed by atoms with Crippen molar-refractivity contribution in [2.75, 3.05) is 25.1 Å². The van der Waals surface area contributed by atoms with Gasteiger partial charge in [-0.05, 0) is 19.1 Å². The summed E-state index contributed by atoms with van der Waals surface area (Å²) in [6.45, 7) is 3.94. The Kier molecular flexibility index (Phi) is 11.1. The minimum atomic E-state index is -1.38. The lowest BCUT2D eigenvalue weighted by molar-refractivity contribution is -0.122. The van der Waals surface area contributed by atoms with Crippen LogP contribution in [0, 0.1) is 17.2 Å². The number of ether oxygens (including phenoxy) is 2. The van der Waals surface area contributed by atoms with Gasteiger partial charge in [0, 0.05) is 13.1 Å². The third kappa shape index (κ3) is 8.70. The lowest BCUT2D eigenvalue weighted by Crippen LogP contribution is -2.44. The number of carbonyl (C=O) groups excluding carboxylic acids is 2. The molecule has 0 spiro atoms. The highest BCUT2D eigenvalue weighted by Gasteiger charge is 2.20. The van der Waals surface area contributed by atoms with Gasteiger partial charge >= 0.3 is 6.09 Å². The molecule has 2 atom stereocenters. The number of aliphatic hydroxyl groups is 1. The molecule has 0 heterocycles. The maximum Gasteiger partial charge on any atom is 0.413 e. The summed E-state index contributed by atoms with van der Waals surface area (Å²) in [7, 11) is 0. The van der Waals surface area contributed by atoms with Crippen LogP contribution in [0.1, 0.15) is 13.8 Å². The molecule has 13 heteroatoms. The van der Waals surface area contributed by atoms with Gasteiger partial charge in [0.15, 0.2) is 5.75 Å². The Balaban J connectivity index is 2.62. The molecule has 6 N–H and O–H groups in total. The fourth-order valence-corrected chi connectivity index (χ4v) is 2.46. The molecule has 0 aromatic heterocycles. The van der Waals surface area contributed by atoms with E-state index in [9.17, 15) is 14.7 Å². The number of rotatable bonds is 11. The van der Waals surface area contributed by atoms with Gasteiger partial charge in [-0.3, -0.25) is 15.5 Å². The molecule has 29 heavy (non-hydrogen) atoms. The van der Waals surface area contributed by atoms with Crippen molar-refractivity contribution in [3.05, 3.63) is 22.2 Å². The predicted molar refractivity (Wildman–Crippen MR) is 106 cm³/mol. The number of halogens is 2. The van der Waals surface area contributed by atoms with Gasteiger partial charge in [0.05, 0.1) is 28.4 Å². The predicted octanol–water partition coefficient (Wildman–Crippen LogP) is 1.09. The van der Waals surface area contributed by atoms with E-state index in [-0.39, 0.29) is 28.9 Å². The van der Waals surface area contributed by atoms with Crippen LogP contribution in [-0.4, -0.2) is 43.2 Å². The lowest BCUT2D eigenvalue weighted by Gasteiger charge is -2.18. The number of alkyl carbamates (subject to hydrolysis) is 1. The molecule has 0 radical (unpaired) electrons. The summed E-state index contributed by atoms with van der Waals surface area (Å²) in [5.41, 5.74) is 10.9. The summed E-state index contributed by atoms with van der Waals surface area (Å²) in [6, 6.07) is 4.68. The Hall–Kier alpha value is -2.33. The van der Waals surface area contributed by atoms with Crippen LogP contribution < -0.4 is 31.8 Å². The van der Waals surface area contributed by atoms with Crippen LogP contribution in [-0.2, 0) is 9.53 Å². The molecule has 0 saturated heterocycles. The first-order chi connectivity index (χ1) is 13.8. The summed E-state index contributed by atoms with van der Waals surface area (Å²) in [4.78, 5) is 23.1. The van der Waals surface area contributed by atoms with E-state index in [4.69, 9.17) is 33.2 Å². The van der Waals surface area contributed by atoms with Crippen molar-refractivity contribution in [3.8, 4) is 11.8 Å². The maximum absolute atomic E-state index is 11.8. The Morgan fingerprint density at radius 1 is 1.24 bits per heavy atom. The van der Waals surface area contributed by atoms with Gasteiger partial charge in [-0.1, -0.05) is 30.1 Å². The number of hydrogen-bond donors (Lipinski definition) is 6. The standard InChI is InChI=1S/C16H22Cl2N6O5/c1-3-20-24-16(27)29-13-11(17)5-10(6-12(13)18)23-21-8-9(7-19)14(25)22-15(26)28-4-2/h5-6,9,16,20-21,23-24,27H,3-4,8H2,1-2H3,(H,22,25,26). The van der Waals surface area contributed by atoms with E-state index < -0.39 is 24.3 Å². The molecule has 0 aliphatic rings. The lowest BCUT2D eigenvalue weighted by atomic mass is 10.1. The summed E-state index contributed by atoms with van der Waals surface area (Å²) in [5.74, 6) is -1.91. The van der Waals surface area contributed by atoms with Crippen molar-refractivity contribution in [3.63, 3.8) is 0 Å². The number of hydrazine groups is 2. The number of benzene rings is 1. The molecule has 1 aromatic rings. The van der Waals surface area contributed by atoms with Crippen molar-refractivity contribution in [1.29, 1.82) is 5.26 Å². The quantitative estimate of drug-likeness (QED) is 0.214. The molecule has 2 amide bonds. The maximum atomic E-state index is 11.8. The third-order valence-corrected chi connectivity index (χ3v) is 3.70. The topological polar surface area (TPSA) is 157 Å². The molecule has 1 rings (SSSR count). The van der Waals surface area contributed by atoms with Crippen molar-refractivity contribution >= 4 is 40.9 Å². The molecule has 1 aromatic carbocycles. The fraction of sp³-hybridized carbons (Fsp3) is 0.438. The minimum Gasteiger partial charge on any atom is -0.450 e. The number of nitriles is 1. The Bertz CT molecular complexity index is 722. The Morgan fingerprint density at radius 3 is 2.45 bits per heavy atom. The van der Waals surface area contributed by atoms with Crippen LogP contribution in [0.2, 0.25) is 10.0 Å². The van der Waals surface area contributed by atoms with Crippen molar-refractivity contribution < 1.29 is 24.2 Å². The average Bonchev–Trinajstić information content (AvgIpc) is 2.66. The number of carbonyl (C=O) groups is 2. The van der Waals surface area contributed by atoms with Gasteiger partial charge in [-0.2, -0.15) is 10.7 Å². The first kappa shape index (κ1) is 24.7. The second kappa shape index (κ2) is 13.0. The number of hydrogen-bond acceptors (Lipinski definition) is 10. The van der Waals surface area contributed by atoms with Crippen molar-refractivity contribution in [2.45, 2.75) is 20.3 Å². The molecule has 0 aliphatic carbocycles. The van der Waals surface area contributed by atoms with E-state index in [1.165, 1.54) is 12.1 Å². The molecule has 0 bridgehead atoms. The van der Waals surface area contributed by atoms with Crippen LogP contribution in [0.25, 0.3) is 0 Å². The van der Waals surface area contributed by atoms with Gasteiger partial charge in [0.2, 0.25) is 5.91 Å². The minimum absolute atomic E-state index is 0.0560. The van der Waals surface area contributed by atoms with E-state index in [0.29, 0.717) is 12.2 Å². The molecule has 0 aliphatic heterocycles. The Morgan fingerprint density at radius 2 is 1.90 bits per heavy atom. The summed E-state index contributed by atoms with van der Waals surface area (Å²) >= 11 is 12.2. The number of anilines is 1. The van der Waals surface area contributed by atoms with Gasteiger partial charge in [0.25, 0.3) is 6.41 Å². The summed E-state index contributed by atoms with van der Waals surface area (Å²) in [6.07, 6.45) is -2.30. The van der Waals surface area contributed by atoms with E-state index in [1.54, 1.807) is 13.0 Å². The van der Waals surface area contributed by atoms with Gasteiger partial charge in [0.1, 0.15) is 5.92 Å². The van der Waals surface area contributed by atoms with Crippen LogP contribution in [0.15, 0.2) is 12.1 Å². The van der Waals surface area contributed by atoms with E-state index >= 15 is 0 Å². The highest BCUT2D eigenvalue weighted by molar-refractivity contribution is 6.37. The SMILES string of the molecule is CCNNC(O)Oc1c(Cl)cc(NNCC(C#N)C(=O)NC(=O)OCC)cc1Cl. The molecule has 2 unspecified atom stereocenters. The molecular formula is C16H22Cl2N6O5. The number of nitrogens with zero attached hydrogens (tertiary/aromatic N) is 1. The zero-order valence-corrected chi connectivity index (χ0v) is 17.2. The second-order valence-corrected chi connectivity index (χ2v) is 6.13. The highest BCUT2D eigenvalue weighted by Crippen LogP contribution is 2.36. The van der Waals surface area contributed by atoms with Crippen LogP contribution in [0.5, 0.6) is 5.75 Å². The average molecular weight is 449 g/mol. The highest BCUT2D eigenvalue weighted by atomic mass is 35.5. The molecule has 0 saturated carbocycles. The third-order valence-electron chi connectivity index (χ3n) is 3.14. The van der Waals surface area contributed by atoms with Gasteiger partial charge < -0.3 is 20.0 Å². The number of imide groups is 1. The molecule has 160 valence electrons. The van der Waals surface area contributed by atoms with Crippen LogP contribution in [0.3, 0.4) is 0 Å². The first-order valence-corrected chi connectivity index (χ1v) is 9.26. The van der Waals surface area contributed by atoms with Crippen molar-refractivity contribution in [2.24, 2.45) is 5.92 Å². The number of amides is 2. The van der Waals surface area contributed by atoms with E-state index in [2.05, 4.69) is 26.4 Å². The normalized spacial score (nSPS) is 12.4. The van der Waals surface area contributed by atoms with Crippen LogP contribution in [0.4, 0.5) is 10.5 Å². The van der Waals surface area contributed by atoms with Gasteiger partial charge in [-0.25, -0.2) is 10.2 Å². The molecule has 0 fully saturated rings. The molecular weight excluding hydrogens is 427 g/mol. The second-order valence-electron chi connectivity index (χ2n) is 5.31. The monoisotopic (exact) mass is 448 g/mol. The van der Waals surface area contributed by atoms with Crippen molar-refractivity contribution in [1.82, 2.24) is 21.6 Å². The zero-order valence-electron chi connectivity index (χ0n) is 15.7. The Labute approximate surface area is 177 Å². The zero-order chi connectivity index (χ0) is 21.8. The number of aliphatic hydroxyl groups excluding tert-OH is 1. The largest absolute Gasteiger partial charge is 0.450 e.